The number of carboxylic acid groups (broad SMARTS) is 1. The van der Waals surface area contributed by atoms with Crippen molar-refractivity contribution in [2.45, 2.75) is 30.7 Å². The highest BCUT2D eigenvalue weighted by Gasteiger charge is 2.44. The summed E-state index contributed by atoms with van der Waals surface area (Å²) in [5, 5.41) is 48.0. The van der Waals surface area contributed by atoms with Crippen LogP contribution in [0.4, 0.5) is 0 Å². The molecule has 1 saturated heterocycles. The van der Waals surface area contributed by atoms with Gasteiger partial charge in [0.2, 0.25) is 6.29 Å². The van der Waals surface area contributed by atoms with Crippen LogP contribution in [0.1, 0.15) is 10.4 Å². The lowest BCUT2D eigenvalue weighted by Crippen LogP contribution is -2.60. The van der Waals surface area contributed by atoms with Crippen molar-refractivity contribution in [3.8, 4) is 16.9 Å². The maximum atomic E-state index is 10.9. The summed E-state index contributed by atoms with van der Waals surface area (Å²) in [6.45, 7) is -0.566. The molecule has 0 aliphatic carbocycles. The molecule has 0 spiro atoms. The van der Waals surface area contributed by atoms with Gasteiger partial charge in [0.1, 0.15) is 30.2 Å². The van der Waals surface area contributed by atoms with Gasteiger partial charge in [-0.25, -0.2) is 4.79 Å². The summed E-state index contributed by atoms with van der Waals surface area (Å²) in [6, 6.07) is 11.1. The van der Waals surface area contributed by atoms with Crippen LogP contribution in [0.3, 0.4) is 0 Å². The molecule has 2 aromatic carbocycles. The van der Waals surface area contributed by atoms with Gasteiger partial charge in [-0.15, -0.1) is 0 Å². The van der Waals surface area contributed by atoms with Crippen molar-refractivity contribution in [1.29, 1.82) is 0 Å². The van der Waals surface area contributed by atoms with Crippen LogP contribution in [-0.4, -0.2) is 68.8 Å². The Morgan fingerprint density at radius 2 is 1.64 bits per heavy atom. The van der Waals surface area contributed by atoms with Gasteiger partial charge in [-0.05, 0) is 35.4 Å². The average Bonchev–Trinajstić information content (AvgIpc) is 2.69. The Morgan fingerprint density at radius 1 is 1.00 bits per heavy atom. The second-order valence-electron chi connectivity index (χ2n) is 6.34. The molecule has 0 amide bonds. The van der Waals surface area contributed by atoms with E-state index in [0.717, 1.165) is 5.56 Å². The van der Waals surface area contributed by atoms with Crippen molar-refractivity contribution < 1.29 is 39.8 Å². The normalized spacial score (nSPS) is 27.4. The lowest BCUT2D eigenvalue weighted by molar-refractivity contribution is -0.277. The molecule has 5 N–H and O–H groups in total. The highest BCUT2D eigenvalue weighted by atomic mass is 35.5. The number of carbonyl (C=O) groups is 1. The van der Waals surface area contributed by atoms with Crippen LogP contribution < -0.4 is 4.74 Å². The average molecular weight is 411 g/mol. The molecule has 2 aromatic rings. The van der Waals surface area contributed by atoms with Crippen molar-refractivity contribution in [3.63, 3.8) is 0 Å². The second kappa shape index (κ2) is 8.44. The summed E-state index contributed by atoms with van der Waals surface area (Å²) in [6.07, 6.45) is -7.01. The molecule has 28 heavy (non-hydrogen) atoms. The van der Waals surface area contributed by atoms with E-state index in [1.807, 2.05) is 0 Å². The third-order valence-corrected chi connectivity index (χ3v) is 4.78. The Hall–Kier alpha value is -2.20. The van der Waals surface area contributed by atoms with Crippen molar-refractivity contribution in [3.05, 3.63) is 53.1 Å². The van der Waals surface area contributed by atoms with E-state index in [1.165, 1.54) is 18.2 Å². The number of halogens is 1. The zero-order valence-electron chi connectivity index (χ0n) is 14.5. The molecule has 1 aliphatic rings. The number of hydrogen-bond acceptors (Lipinski definition) is 7. The van der Waals surface area contributed by atoms with Crippen molar-refractivity contribution in [2.24, 2.45) is 0 Å². The number of rotatable bonds is 5. The molecule has 2 unspecified atom stereocenters. The zero-order valence-corrected chi connectivity index (χ0v) is 15.2. The van der Waals surface area contributed by atoms with Gasteiger partial charge in [-0.3, -0.25) is 0 Å². The molecule has 150 valence electrons. The van der Waals surface area contributed by atoms with Crippen molar-refractivity contribution in [2.75, 3.05) is 6.61 Å². The standard InChI is InChI=1S/C19H19ClO8/c20-12-7-11(9-1-3-10(4-2-9)18(25)26)5-6-13(12)27-19-17(24)16(23)15(22)14(8-21)28-19/h1-7,14-17,19,21-24H,8H2,(H,25,26)/t14?,15-,16+,17?,19+/m1/s1. The molecule has 1 aliphatic heterocycles. The maximum Gasteiger partial charge on any atom is 0.335 e. The van der Waals surface area contributed by atoms with Crippen LogP contribution in [0.25, 0.3) is 11.1 Å². The molecule has 5 atom stereocenters. The molecule has 0 radical (unpaired) electrons. The van der Waals surface area contributed by atoms with Gasteiger partial charge in [0, 0.05) is 0 Å². The van der Waals surface area contributed by atoms with Gasteiger partial charge in [0.15, 0.2) is 0 Å². The van der Waals surface area contributed by atoms with Crippen molar-refractivity contribution >= 4 is 17.6 Å². The predicted molar refractivity (Wildman–Crippen MR) is 98.2 cm³/mol. The van der Waals surface area contributed by atoms with E-state index in [1.54, 1.807) is 24.3 Å². The molecule has 3 rings (SSSR count). The van der Waals surface area contributed by atoms with Crippen LogP contribution in [0.2, 0.25) is 5.02 Å². The van der Waals surface area contributed by atoms with E-state index in [0.29, 0.717) is 5.56 Å². The van der Waals surface area contributed by atoms with Crippen LogP contribution in [0.5, 0.6) is 5.75 Å². The number of ether oxygens (including phenoxy) is 2. The first-order valence-electron chi connectivity index (χ1n) is 8.42. The zero-order chi connectivity index (χ0) is 20.4. The van der Waals surface area contributed by atoms with Crippen LogP contribution in [0, 0.1) is 0 Å². The third kappa shape index (κ3) is 4.12. The molecular weight excluding hydrogens is 392 g/mol. The lowest BCUT2D eigenvalue weighted by atomic mass is 9.99. The van der Waals surface area contributed by atoms with Gasteiger partial charge in [0.05, 0.1) is 17.2 Å². The van der Waals surface area contributed by atoms with Crippen molar-refractivity contribution in [1.82, 2.24) is 0 Å². The summed E-state index contributed by atoms with van der Waals surface area (Å²) in [7, 11) is 0. The Balaban J connectivity index is 1.78. The molecule has 1 fully saturated rings. The number of hydrogen-bond donors (Lipinski definition) is 5. The third-order valence-electron chi connectivity index (χ3n) is 4.49. The molecule has 8 nitrogen and oxygen atoms in total. The number of carboxylic acids is 1. The minimum Gasteiger partial charge on any atom is -0.478 e. The SMILES string of the molecule is O=C(O)c1ccc(-c2ccc(O[C@H]3OC(CO)[C@@H](O)[C@H](O)C3O)c(Cl)c2)cc1. The maximum absolute atomic E-state index is 10.9. The number of benzene rings is 2. The minimum absolute atomic E-state index is 0.164. The molecule has 0 bridgehead atoms. The van der Waals surface area contributed by atoms with Crippen LogP contribution >= 0.6 is 11.6 Å². The quantitative estimate of drug-likeness (QED) is 0.490. The molecule has 0 aromatic heterocycles. The Bertz CT molecular complexity index is 838. The first-order chi connectivity index (χ1) is 13.3. The Kier molecular flexibility index (Phi) is 6.19. The summed E-state index contributed by atoms with van der Waals surface area (Å²) in [4.78, 5) is 10.9. The van der Waals surface area contributed by atoms with Crippen LogP contribution in [-0.2, 0) is 4.74 Å². The molecule has 0 saturated carbocycles. The predicted octanol–water partition coefficient (Wildman–Crippen LogP) is 0.884. The van der Waals surface area contributed by atoms with E-state index in [-0.39, 0.29) is 16.3 Å². The Labute approximate surface area is 165 Å². The molecule has 1 heterocycles. The Morgan fingerprint density at radius 3 is 2.21 bits per heavy atom. The minimum atomic E-state index is -1.55. The highest BCUT2D eigenvalue weighted by molar-refractivity contribution is 6.32. The van der Waals surface area contributed by atoms with Gasteiger partial charge in [-0.2, -0.15) is 0 Å². The van der Waals surface area contributed by atoms with E-state index in [9.17, 15) is 25.2 Å². The fourth-order valence-electron chi connectivity index (χ4n) is 2.87. The fourth-order valence-corrected chi connectivity index (χ4v) is 3.10. The van der Waals surface area contributed by atoms with Gasteiger partial charge >= 0.3 is 5.97 Å². The summed E-state index contributed by atoms with van der Waals surface area (Å²) in [5.74, 6) is -0.857. The lowest BCUT2D eigenvalue weighted by Gasteiger charge is -2.39. The summed E-state index contributed by atoms with van der Waals surface area (Å²) < 4.78 is 10.8. The van der Waals surface area contributed by atoms with Crippen LogP contribution in [0.15, 0.2) is 42.5 Å². The molecular formula is C19H19ClO8. The smallest absolute Gasteiger partial charge is 0.335 e. The summed E-state index contributed by atoms with van der Waals surface area (Å²) >= 11 is 6.25. The summed E-state index contributed by atoms with van der Waals surface area (Å²) in [5.41, 5.74) is 1.62. The van der Waals surface area contributed by atoms with E-state index < -0.39 is 43.3 Å². The monoisotopic (exact) mass is 410 g/mol. The first kappa shape index (κ1) is 20.5. The van der Waals surface area contributed by atoms with E-state index in [4.69, 9.17) is 26.2 Å². The first-order valence-corrected chi connectivity index (χ1v) is 8.80. The number of aromatic carboxylic acids is 1. The van der Waals surface area contributed by atoms with Gasteiger partial charge in [-0.1, -0.05) is 29.8 Å². The molecule has 9 heteroatoms. The van der Waals surface area contributed by atoms with E-state index >= 15 is 0 Å². The highest BCUT2D eigenvalue weighted by Crippen LogP contribution is 2.33. The fraction of sp³-hybridized carbons (Fsp3) is 0.316. The second-order valence-corrected chi connectivity index (χ2v) is 6.75. The van der Waals surface area contributed by atoms with Gasteiger partial charge in [0.25, 0.3) is 0 Å². The largest absolute Gasteiger partial charge is 0.478 e. The number of aliphatic hydroxyl groups is 4. The number of aliphatic hydroxyl groups excluding tert-OH is 4. The van der Waals surface area contributed by atoms with Gasteiger partial charge < -0.3 is 35.0 Å². The topological polar surface area (TPSA) is 137 Å². The van der Waals surface area contributed by atoms with E-state index in [2.05, 4.69) is 0 Å².